The molecule has 0 aliphatic rings. The number of hydrogen-bond acceptors (Lipinski definition) is 4. The maximum absolute atomic E-state index is 12.4. The monoisotopic (exact) mass is 355 g/mol. The molecule has 0 unspecified atom stereocenters. The normalized spacial score (nSPS) is 10.3. The molecule has 5 heteroatoms. The smallest absolute Gasteiger partial charge is 0.223 e. The lowest BCUT2D eigenvalue weighted by Crippen LogP contribution is -2.26. The van der Waals surface area contributed by atoms with Gasteiger partial charge in [-0.05, 0) is 19.1 Å². The zero-order valence-electron chi connectivity index (χ0n) is 15.7. The third-order valence-electron chi connectivity index (χ3n) is 4.27. The molecule has 0 aliphatic carbocycles. The van der Waals surface area contributed by atoms with Crippen molar-refractivity contribution in [1.29, 1.82) is 0 Å². The molecule has 0 radical (unpaired) electrons. The Balaban J connectivity index is 1.93. The Morgan fingerprint density at radius 2 is 1.65 bits per heavy atom. The van der Waals surface area contributed by atoms with E-state index in [1.807, 2.05) is 31.2 Å². The largest absolute Gasteiger partial charge is 0.497 e. The molecule has 5 nitrogen and oxygen atoms in total. The van der Waals surface area contributed by atoms with E-state index in [-0.39, 0.29) is 24.5 Å². The number of aryl methyl sites for hydroxylation is 1. The average molecular weight is 355 g/mol. The van der Waals surface area contributed by atoms with Crippen molar-refractivity contribution in [3.8, 4) is 11.5 Å². The summed E-state index contributed by atoms with van der Waals surface area (Å²) in [4.78, 5) is 26.2. The second kappa shape index (κ2) is 9.04. The van der Waals surface area contributed by atoms with E-state index in [4.69, 9.17) is 9.47 Å². The lowest BCUT2D eigenvalue weighted by molar-refractivity contribution is -0.130. The lowest BCUT2D eigenvalue weighted by Gasteiger charge is -2.19. The zero-order valence-corrected chi connectivity index (χ0v) is 15.7. The predicted molar refractivity (Wildman–Crippen MR) is 101 cm³/mol. The van der Waals surface area contributed by atoms with Crippen molar-refractivity contribution in [1.82, 2.24) is 4.90 Å². The first kappa shape index (κ1) is 19.5. The van der Waals surface area contributed by atoms with Crippen molar-refractivity contribution in [3.05, 3.63) is 59.2 Å². The van der Waals surface area contributed by atoms with Crippen LogP contribution in [0.1, 0.15) is 34.3 Å². The van der Waals surface area contributed by atoms with Gasteiger partial charge in [0.2, 0.25) is 5.91 Å². The van der Waals surface area contributed by atoms with E-state index >= 15 is 0 Å². The molecule has 2 aromatic rings. The van der Waals surface area contributed by atoms with Gasteiger partial charge in [-0.2, -0.15) is 0 Å². The number of amides is 1. The highest BCUT2D eigenvalue weighted by atomic mass is 16.5. The van der Waals surface area contributed by atoms with E-state index in [1.165, 1.54) is 0 Å². The fourth-order valence-corrected chi connectivity index (χ4v) is 2.62. The van der Waals surface area contributed by atoms with E-state index in [1.54, 1.807) is 44.4 Å². The zero-order chi connectivity index (χ0) is 19.1. The van der Waals surface area contributed by atoms with Gasteiger partial charge in [0.05, 0.1) is 14.2 Å². The van der Waals surface area contributed by atoms with Crippen LogP contribution in [0.5, 0.6) is 11.5 Å². The Hall–Kier alpha value is -2.82. The summed E-state index contributed by atoms with van der Waals surface area (Å²) >= 11 is 0. The number of carbonyl (C=O) groups excluding carboxylic acids is 2. The number of hydrogen-bond donors (Lipinski definition) is 0. The molecule has 2 aromatic carbocycles. The number of benzene rings is 2. The molecule has 0 heterocycles. The minimum atomic E-state index is -0.0802. The van der Waals surface area contributed by atoms with Gasteiger partial charge in [-0.3, -0.25) is 9.59 Å². The van der Waals surface area contributed by atoms with Crippen LogP contribution in [0.3, 0.4) is 0 Å². The van der Waals surface area contributed by atoms with Crippen LogP contribution in [-0.4, -0.2) is 37.9 Å². The van der Waals surface area contributed by atoms with E-state index < -0.39 is 0 Å². The van der Waals surface area contributed by atoms with Crippen LogP contribution in [0.15, 0.2) is 42.5 Å². The van der Waals surface area contributed by atoms with Crippen molar-refractivity contribution < 1.29 is 19.1 Å². The van der Waals surface area contributed by atoms with E-state index in [0.29, 0.717) is 23.6 Å². The molecule has 0 saturated heterocycles. The van der Waals surface area contributed by atoms with Crippen molar-refractivity contribution in [3.63, 3.8) is 0 Å². The third-order valence-corrected chi connectivity index (χ3v) is 4.27. The molecule has 0 N–H and O–H groups in total. The summed E-state index contributed by atoms with van der Waals surface area (Å²) in [5, 5.41) is 0. The summed E-state index contributed by atoms with van der Waals surface area (Å²) in [6.07, 6.45) is 0.383. The van der Waals surface area contributed by atoms with Gasteiger partial charge >= 0.3 is 0 Å². The van der Waals surface area contributed by atoms with Crippen molar-refractivity contribution in [2.75, 3.05) is 21.3 Å². The molecule has 2 rings (SSSR count). The molecule has 0 aliphatic heterocycles. The topological polar surface area (TPSA) is 55.8 Å². The Kier molecular flexibility index (Phi) is 6.78. The van der Waals surface area contributed by atoms with Crippen LogP contribution in [0.2, 0.25) is 0 Å². The lowest BCUT2D eigenvalue weighted by atomic mass is 10.0. The summed E-state index contributed by atoms with van der Waals surface area (Å²) in [5.74, 6) is 1.26. The minimum absolute atomic E-state index is 0.0196. The second-order valence-electron chi connectivity index (χ2n) is 6.22. The molecule has 0 saturated carbocycles. The van der Waals surface area contributed by atoms with Gasteiger partial charge in [-0.15, -0.1) is 0 Å². The third kappa shape index (κ3) is 5.09. The minimum Gasteiger partial charge on any atom is -0.497 e. The number of carbonyl (C=O) groups is 2. The maximum atomic E-state index is 12.4. The van der Waals surface area contributed by atoms with Crippen molar-refractivity contribution >= 4 is 11.7 Å². The number of rotatable bonds is 8. The SMILES string of the molecule is COc1ccc(CN(C)C(=O)CCC(=O)c2ccc(C)cc2)c(OC)c1. The number of ketones is 1. The number of ether oxygens (including phenoxy) is 2. The Morgan fingerprint density at radius 3 is 2.27 bits per heavy atom. The van der Waals surface area contributed by atoms with Gasteiger partial charge in [-0.1, -0.05) is 29.8 Å². The molecule has 0 aromatic heterocycles. The molecule has 0 spiro atoms. The first-order valence-electron chi connectivity index (χ1n) is 8.49. The Labute approximate surface area is 154 Å². The van der Waals surface area contributed by atoms with Crippen LogP contribution in [-0.2, 0) is 11.3 Å². The molecule has 26 heavy (non-hydrogen) atoms. The quantitative estimate of drug-likeness (QED) is 0.679. The molecule has 0 fully saturated rings. The highest BCUT2D eigenvalue weighted by molar-refractivity contribution is 5.97. The van der Waals surface area contributed by atoms with Gasteiger partial charge in [0, 0.05) is 43.6 Å². The van der Waals surface area contributed by atoms with Gasteiger partial charge < -0.3 is 14.4 Å². The first-order valence-corrected chi connectivity index (χ1v) is 8.49. The molecule has 0 atom stereocenters. The summed E-state index contributed by atoms with van der Waals surface area (Å²) < 4.78 is 10.5. The summed E-state index contributed by atoms with van der Waals surface area (Å²) in [7, 11) is 4.90. The van der Waals surface area contributed by atoms with Crippen molar-refractivity contribution in [2.45, 2.75) is 26.3 Å². The van der Waals surface area contributed by atoms with Crippen LogP contribution >= 0.6 is 0 Å². The van der Waals surface area contributed by atoms with E-state index in [2.05, 4.69) is 0 Å². The Bertz CT molecular complexity index is 768. The molecule has 0 bridgehead atoms. The maximum Gasteiger partial charge on any atom is 0.223 e. The molecule has 138 valence electrons. The summed E-state index contributed by atoms with van der Waals surface area (Å²) in [6.45, 7) is 2.38. The van der Waals surface area contributed by atoms with Gasteiger partial charge in [-0.25, -0.2) is 0 Å². The summed E-state index contributed by atoms with van der Waals surface area (Å²) in [5.41, 5.74) is 2.63. The molecular formula is C21H25NO4. The molecule has 1 amide bonds. The first-order chi connectivity index (χ1) is 12.4. The Morgan fingerprint density at radius 1 is 0.962 bits per heavy atom. The number of methoxy groups -OCH3 is 2. The van der Waals surface area contributed by atoms with Gasteiger partial charge in [0.15, 0.2) is 5.78 Å². The molecular weight excluding hydrogens is 330 g/mol. The van der Waals surface area contributed by atoms with Crippen LogP contribution in [0, 0.1) is 6.92 Å². The average Bonchev–Trinajstić information content (AvgIpc) is 2.66. The fourth-order valence-electron chi connectivity index (χ4n) is 2.62. The van der Waals surface area contributed by atoms with Crippen LogP contribution in [0.25, 0.3) is 0 Å². The second-order valence-corrected chi connectivity index (χ2v) is 6.22. The van der Waals surface area contributed by atoms with Crippen LogP contribution in [0.4, 0.5) is 0 Å². The summed E-state index contributed by atoms with van der Waals surface area (Å²) in [6, 6.07) is 12.9. The highest BCUT2D eigenvalue weighted by Gasteiger charge is 2.15. The van der Waals surface area contributed by atoms with Gasteiger partial charge in [0.1, 0.15) is 11.5 Å². The van der Waals surface area contributed by atoms with Crippen molar-refractivity contribution in [2.24, 2.45) is 0 Å². The predicted octanol–water partition coefficient (Wildman–Crippen LogP) is 3.63. The van der Waals surface area contributed by atoms with Crippen LogP contribution < -0.4 is 9.47 Å². The fraction of sp³-hybridized carbons (Fsp3) is 0.333. The highest BCUT2D eigenvalue weighted by Crippen LogP contribution is 2.25. The van der Waals surface area contributed by atoms with E-state index in [0.717, 1.165) is 11.1 Å². The van der Waals surface area contributed by atoms with Gasteiger partial charge in [0.25, 0.3) is 0 Å². The van der Waals surface area contributed by atoms with E-state index in [9.17, 15) is 9.59 Å². The number of Topliss-reactive ketones (excluding diaryl/α,β-unsaturated/α-hetero) is 1. The standard InChI is InChI=1S/C21H25NO4/c1-15-5-7-16(8-6-15)19(23)11-12-21(24)22(2)14-17-9-10-18(25-3)13-20(17)26-4/h5-10,13H,11-12,14H2,1-4H3. The number of nitrogens with zero attached hydrogens (tertiary/aromatic N) is 1.